The minimum Gasteiger partial charge on any atom is -0.508 e. The van der Waals surface area contributed by atoms with E-state index in [2.05, 4.69) is 32.9 Å². The summed E-state index contributed by atoms with van der Waals surface area (Å²) in [6.07, 6.45) is 2.75. The molecule has 0 radical (unpaired) electrons. The quantitative estimate of drug-likeness (QED) is 0.788. The molecule has 0 spiro atoms. The largest absolute Gasteiger partial charge is 0.508 e. The van der Waals surface area contributed by atoms with Crippen LogP contribution in [0.3, 0.4) is 0 Å². The molecule has 0 aromatic heterocycles. The second-order valence-corrected chi connectivity index (χ2v) is 5.10. The Bertz CT molecular complexity index is 350. The molecule has 1 aliphatic rings. The van der Waals surface area contributed by atoms with Crippen molar-refractivity contribution < 1.29 is 5.11 Å². The fourth-order valence-corrected chi connectivity index (χ4v) is 2.19. The molecule has 15 heavy (non-hydrogen) atoms. The van der Waals surface area contributed by atoms with Gasteiger partial charge in [-0.1, -0.05) is 32.9 Å². The highest BCUT2D eigenvalue weighted by Crippen LogP contribution is 2.43. The molecule has 1 atom stereocenters. The number of phenols is 1. The molecule has 1 aromatic carbocycles. The lowest BCUT2D eigenvalue weighted by Crippen LogP contribution is -1.98. The van der Waals surface area contributed by atoms with Crippen molar-refractivity contribution >= 4 is 0 Å². The molecule has 0 heterocycles. The predicted octanol–water partition coefficient (Wildman–Crippen LogP) is 4.03. The Morgan fingerprint density at radius 3 is 2.40 bits per heavy atom. The molecule has 1 aliphatic carbocycles. The van der Waals surface area contributed by atoms with E-state index >= 15 is 0 Å². The fourth-order valence-electron chi connectivity index (χ4n) is 2.19. The average Bonchev–Trinajstić information content (AvgIpc) is 3.00. The first-order chi connectivity index (χ1) is 7.09. The second kappa shape index (κ2) is 3.88. The Hall–Kier alpha value is -0.980. The van der Waals surface area contributed by atoms with Crippen LogP contribution >= 0.6 is 0 Å². The monoisotopic (exact) mass is 204 g/mol. The molecule has 0 aliphatic heterocycles. The van der Waals surface area contributed by atoms with Crippen molar-refractivity contribution in [2.24, 2.45) is 5.92 Å². The van der Waals surface area contributed by atoms with E-state index in [1.807, 2.05) is 6.07 Å². The van der Waals surface area contributed by atoms with Crippen LogP contribution in [-0.4, -0.2) is 5.11 Å². The highest BCUT2D eigenvalue weighted by molar-refractivity contribution is 5.39. The van der Waals surface area contributed by atoms with E-state index in [0.29, 0.717) is 17.6 Å². The summed E-state index contributed by atoms with van der Waals surface area (Å²) in [5.41, 5.74) is 2.47. The van der Waals surface area contributed by atoms with E-state index in [9.17, 15) is 5.11 Å². The van der Waals surface area contributed by atoms with Gasteiger partial charge in [-0.05, 0) is 47.8 Å². The SMILES string of the molecule is CC(C)c1cc([C@H](C)C2CC2)ccc1O. The van der Waals surface area contributed by atoms with Crippen molar-refractivity contribution in [1.82, 2.24) is 0 Å². The highest BCUT2D eigenvalue weighted by atomic mass is 16.3. The van der Waals surface area contributed by atoms with Crippen LogP contribution < -0.4 is 0 Å². The summed E-state index contributed by atoms with van der Waals surface area (Å²) in [5.74, 6) is 2.38. The zero-order chi connectivity index (χ0) is 11.0. The van der Waals surface area contributed by atoms with Crippen LogP contribution in [0.2, 0.25) is 0 Å². The third-order valence-corrected chi connectivity index (χ3v) is 3.53. The molecule has 1 saturated carbocycles. The van der Waals surface area contributed by atoms with Crippen LogP contribution in [0.1, 0.15) is 56.6 Å². The summed E-state index contributed by atoms with van der Waals surface area (Å²) in [6, 6.07) is 6.11. The van der Waals surface area contributed by atoms with Gasteiger partial charge in [-0.15, -0.1) is 0 Å². The van der Waals surface area contributed by atoms with Crippen molar-refractivity contribution in [3.05, 3.63) is 29.3 Å². The van der Waals surface area contributed by atoms with Gasteiger partial charge in [-0.2, -0.15) is 0 Å². The predicted molar refractivity (Wildman–Crippen MR) is 63.3 cm³/mol. The number of aromatic hydroxyl groups is 1. The third-order valence-electron chi connectivity index (χ3n) is 3.53. The topological polar surface area (TPSA) is 20.2 Å². The van der Waals surface area contributed by atoms with Gasteiger partial charge in [-0.25, -0.2) is 0 Å². The molecule has 1 heteroatoms. The number of phenolic OH excluding ortho intramolecular Hbond substituents is 1. The fraction of sp³-hybridized carbons (Fsp3) is 0.571. The van der Waals surface area contributed by atoms with Gasteiger partial charge in [0.2, 0.25) is 0 Å². The normalized spacial score (nSPS) is 18.1. The molecule has 1 N–H and O–H groups in total. The van der Waals surface area contributed by atoms with Gasteiger partial charge in [0, 0.05) is 0 Å². The molecule has 0 amide bonds. The molecule has 1 nitrogen and oxygen atoms in total. The standard InChI is InChI=1S/C14H20O/c1-9(2)13-8-12(6-7-14(13)15)10(3)11-4-5-11/h6-11,15H,4-5H2,1-3H3/t10-/m1/s1. The maximum absolute atomic E-state index is 9.74. The molecular formula is C14H20O. The lowest BCUT2D eigenvalue weighted by molar-refractivity contribution is 0.464. The van der Waals surface area contributed by atoms with Crippen LogP contribution in [0.5, 0.6) is 5.75 Å². The molecule has 1 aromatic rings. The van der Waals surface area contributed by atoms with E-state index in [1.54, 1.807) is 0 Å². The van der Waals surface area contributed by atoms with Gasteiger partial charge in [0.1, 0.15) is 5.75 Å². The van der Waals surface area contributed by atoms with Crippen molar-refractivity contribution in [2.45, 2.75) is 45.4 Å². The molecule has 0 saturated heterocycles. The van der Waals surface area contributed by atoms with Gasteiger partial charge >= 0.3 is 0 Å². The maximum atomic E-state index is 9.74. The average molecular weight is 204 g/mol. The van der Waals surface area contributed by atoms with Crippen LogP contribution in [0, 0.1) is 5.92 Å². The summed E-state index contributed by atoms with van der Waals surface area (Å²) >= 11 is 0. The van der Waals surface area contributed by atoms with Crippen molar-refractivity contribution in [2.75, 3.05) is 0 Å². The number of hydrogen-bond donors (Lipinski definition) is 1. The van der Waals surface area contributed by atoms with Crippen molar-refractivity contribution in [3.8, 4) is 5.75 Å². The lowest BCUT2D eigenvalue weighted by atomic mass is 9.91. The summed E-state index contributed by atoms with van der Waals surface area (Å²) < 4.78 is 0. The van der Waals surface area contributed by atoms with Crippen molar-refractivity contribution in [1.29, 1.82) is 0 Å². The molecule has 0 bridgehead atoms. The zero-order valence-corrected chi connectivity index (χ0v) is 9.83. The van der Waals surface area contributed by atoms with Gasteiger partial charge in [0.25, 0.3) is 0 Å². The molecule has 2 rings (SSSR count). The van der Waals surface area contributed by atoms with E-state index in [-0.39, 0.29) is 0 Å². The molecular weight excluding hydrogens is 184 g/mol. The first-order valence-electron chi connectivity index (χ1n) is 5.92. The van der Waals surface area contributed by atoms with E-state index < -0.39 is 0 Å². The first kappa shape index (κ1) is 10.5. The van der Waals surface area contributed by atoms with Gasteiger partial charge in [-0.3, -0.25) is 0 Å². The number of rotatable bonds is 3. The Balaban J connectivity index is 2.28. The molecule has 82 valence electrons. The Morgan fingerprint density at radius 1 is 1.20 bits per heavy atom. The minimum atomic E-state index is 0.399. The van der Waals surface area contributed by atoms with Crippen LogP contribution in [0.25, 0.3) is 0 Å². The van der Waals surface area contributed by atoms with Crippen LogP contribution in [0.15, 0.2) is 18.2 Å². The lowest BCUT2D eigenvalue weighted by Gasteiger charge is -2.15. The van der Waals surface area contributed by atoms with Gasteiger partial charge in [0.05, 0.1) is 0 Å². The summed E-state index contributed by atoms with van der Waals surface area (Å²) in [7, 11) is 0. The van der Waals surface area contributed by atoms with Gasteiger partial charge in [0.15, 0.2) is 0 Å². The van der Waals surface area contributed by atoms with Gasteiger partial charge < -0.3 is 5.11 Å². The Kier molecular flexibility index (Phi) is 2.72. The Labute approximate surface area is 92.1 Å². The van der Waals surface area contributed by atoms with Crippen LogP contribution in [0.4, 0.5) is 0 Å². The third kappa shape index (κ3) is 2.17. The summed E-state index contributed by atoms with van der Waals surface area (Å²) in [5, 5.41) is 9.74. The smallest absolute Gasteiger partial charge is 0.119 e. The van der Waals surface area contributed by atoms with Crippen molar-refractivity contribution in [3.63, 3.8) is 0 Å². The zero-order valence-electron chi connectivity index (χ0n) is 9.83. The molecule has 1 fully saturated rings. The van der Waals surface area contributed by atoms with E-state index in [0.717, 1.165) is 11.5 Å². The first-order valence-corrected chi connectivity index (χ1v) is 5.92. The number of benzene rings is 1. The minimum absolute atomic E-state index is 0.399. The number of hydrogen-bond acceptors (Lipinski definition) is 1. The maximum Gasteiger partial charge on any atom is 0.119 e. The van der Waals surface area contributed by atoms with Crippen LogP contribution in [-0.2, 0) is 0 Å². The second-order valence-electron chi connectivity index (χ2n) is 5.10. The summed E-state index contributed by atoms with van der Waals surface area (Å²) in [6.45, 7) is 6.55. The molecule has 0 unspecified atom stereocenters. The summed E-state index contributed by atoms with van der Waals surface area (Å²) in [4.78, 5) is 0. The highest BCUT2D eigenvalue weighted by Gasteiger charge is 2.29. The van der Waals surface area contributed by atoms with E-state index in [4.69, 9.17) is 0 Å². The van der Waals surface area contributed by atoms with E-state index in [1.165, 1.54) is 18.4 Å². The Morgan fingerprint density at radius 2 is 1.87 bits per heavy atom.